The minimum Gasteiger partial charge on any atom is -0.273 e. The lowest BCUT2D eigenvalue weighted by Crippen LogP contribution is -2.28. The van der Waals surface area contributed by atoms with Gasteiger partial charge >= 0.3 is 0 Å². The topological polar surface area (TPSA) is 55.9 Å². The third-order valence-corrected chi connectivity index (χ3v) is 3.31. The molecule has 1 aromatic carbocycles. The third kappa shape index (κ3) is 2.67. The molecule has 0 aliphatic heterocycles. The van der Waals surface area contributed by atoms with E-state index in [-0.39, 0.29) is 6.04 Å². The molecule has 96 valence electrons. The van der Waals surface area contributed by atoms with Crippen LogP contribution in [0.1, 0.15) is 24.1 Å². The lowest BCUT2D eigenvalue weighted by atomic mass is 10.0. The Morgan fingerprint density at radius 3 is 2.78 bits per heavy atom. The van der Waals surface area contributed by atoms with E-state index < -0.39 is 0 Å². The average Bonchev–Trinajstić information content (AvgIpc) is 2.81. The molecule has 0 spiro atoms. The number of aryl methyl sites for hydroxylation is 1. The molecule has 0 aliphatic carbocycles. The van der Waals surface area contributed by atoms with Gasteiger partial charge in [0.15, 0.2) is 0 Å². The summed E-state index contributed by atoms with van der Waals surface area (Å²) in [5, 5.41) is 5.41. The van der Waals surface area contributed by atoms with Crippen molar-refractivity contribution in [3.8, 4) is 0 Å². The summed E-state index contributed by atoms with van der Waals surface area (Å²) in [6, 6.07) is 5.15. The molecule has 0 radical (unpaired) electrons. The summed E-state index contributed by atoms with van der Waals surface area (Å²) in [6.45, 7) is 2.84. The smallest absolute Gasteiger partial charge is 0.0755 e. The highest BCUT2D eigenvalue weighted by Gasteiger charge is 2.17. The predicted molar refractivity (Wildman–Crippen MR) is 73.5 cm³/mol. The lowest BCUT2D eigenvalue weighted by molar-refractivity contribution is 0.630. The van der Waals surface area contributed by atoms with E-state index in [4.69, 9.17) is 29.0 Å². The first-order chi connectivity index (χ1) is 8.65. The zero-order valence-corrected chi connectivity index (χ0v) is 11.4. The summed E-state index contributed by atoms with van der Waals surface area (Å²) in [5.74, 6) is 5.62. The number of hydrogen-bond acceptors (Lipinski definition) is 3. The fourth-order valence-electron chi connectivity index (χ4n) is 1.80. The summed E-state index contributed by atoms with van der Waals surface area (Å²) in [7, 11) is 0. The molecule has 1 atom stereocenters. The molecular formula is C12H14Cl2N4. The highest BCUT2D eigenvalue weighted by molar-refractivity contribution is 6.35. The maximum absolute atomic E-state index is 6.19. The Kier molecular flexibility index (Phi) is 4.24. The largest absolute Gasteiger partial charge is 0.273 e. The van der Waals surface area contributed by atoms with E-state index in [0.29, 0.717) is 10.0 Å². The molecular weight excluding hydrogens is 271 g/mol. The molecule has 1 unspecified atom stereocenters. The fraction of sp³-hybridized carbons (Fsp3) is 0.250. The van der Waals surface area contributed by atoms with E-state index in [1.54, 1.807) is 18.3 Å². The molecule has 1 heterocycles. The van der Waals surface area contributed by atoms with Crippen molar-refractivity contribution in [2.75, 3.05) is 0 Å². The van der Waals surface area contributed by atoms with E-state index in [2.05, 4.69) is 10.5 Å². The molecule has 3 N–H and O–H groups in total. The Morgan fingerprint density at radius 2 is 2.22 bits per heavy atom. The molecule has 2 rings (SSSR count). The zero-order chi connectivity index (χ0) is 13.1. The van der Waals surface area contributed by atoms with Crippen LogP contribution < -0.4 is 11.3 Å². The number of nitrogens with zero attached hydrogens (tertiary/aromatic N) is 2. The van der Waals surface area contributed by atoms with Gasteiger partial charge in [0.2, 0.25) is 0 Å². The first kappa shape index (κ1) is 13.4. The minimum absolute atomic E-state index is 0.199. The van der Waals surface area contributed by atoms with Gasteiger partial charge in [-0.2, -0.15) is 5.10 Å². The van der Waals surface area contributed by atoms with Crippen molar-refractivity contribution < 1.29 is 0 Å². The maximum Gasteiger partial charge on any atom is 0.0755 e. The summed E-state index contributed by atoms with van der Waals surface area (Å²) in [6.07, 6.45) is 3.72. The van der Waals surface area contributed by atoms with Crippen LogP contribution in [0.2, 0.25) is 10.0 Å². The molecule has 0 saturated heterocycles. The van der Waals surface area contributed by atoms with Crippen LogP contribution in [0.15, 0.2) is 30.6 Å². The standard InChI is InChI=1S/C12H14Cl2N4/c1-2-18-7-8(6-16-18)12(17-15)10-4-3-9(13)5-11(10)14/h3-7,12,17H,2,15H2,1H3. The zero-order valence-electron chi connectivity index (χ0n) is 9.90. The van der Waals surface area contributed by atoms with Crippen molar-refractivity contribution in [3.63, 3.8) is 0 Å². The summed E-state index contributed by atoms with van der Waals surface area (Å²) in [4.78, 5) is 0. The van der Waals surface area contributed by atoms with Crippen molar-refractivity contribution >= 4 is 23.2 Å². The van der Waals surface area contributed by atoms with E-state index in [0.717, 1.165) is 17.7 Å². The van der Waals surface area contributed by atoms with E-state index >= 15 is 0 Å². The molecule has 0 fully saturated rings. The number of nitrogens with two attached hydrogens (primary N) is 1. The van der Waals surface area contributed by atoms with Crippen LogP contribution in [-0.4, -0.2) is 9.78 Å². The van der Waals surface area contributed by atoms with Gasteiger partial charge in [-0.15, -0.1) is 0 Å². The van der Waals surface area contributed by atoms with Crippen LogP contribution in [0.4, 0.5) is 0 Å². The summed E-state index contributed by atoms with van der Waals surface area (Å²) in [5.41, 5.74) is 4.59. The molecule has 1 aromatic heterocycles. The van der Waals surface area contributed by atoms with Gasteiger partial charge in [0.05, 0.1) is 12.2 Å². The SMILES string of the molecule is CCn1cc(C(NN)c2ccc(Cl)cc2Cl)cn1. The Hall–Kier alpha value is -1.07. The second kappa shape index (κ2) is 5.71. The molecule has 0 saturated carbocycles. The van der Waals surface area contributed by atoms with Gasteiger partial charge in [0.25, 0.3) is 0 Å². The molecule has 0 aliphatic rings. The maximum atomic E-state index is 6.19. The molecule has 6 heteroatoms. The van der Waals surface area contributed by atoms with Crippen LogP contribution in [0.3, 0.4) is 0 Å². The van der Waals surface area contributed by atoms with Gasteiger partial charge in [-0.05, 0) is 24.6 Å². The number of hydrazine groups is 1. The van der Waals surface area contributed by atoms with Crippen LogP contribution in [-0.2, 0) is 6.54 Å². The number of halogens is 2. The number of aromatic nitrogens is 2. The minimum atomic E-state index is -0.199. The summed E-state index contributed by atoms with van der Waals surface area (Å²) < 4.78 is 1.84. The Balaban J connectivity index is 2.38. The van der Waals surface area contributed by atoms with E-state index in [1.807, 2.05) is 23.9 Å². The average molecular weight is 285 g/mol. The van der Waals surface area contributed by atoms with Crippen molar-refractivity contribution in [1.82, 2.24) is 15.2 Å². The van der Waals surface area contributed by atoms with Crippen LogP contribution in [0, 0.1) is 0 Å². The second-order valence-corrected chi connectivity index (χ2v) is 4.74. The van der Waals surface area contributed by atoms with Gasteiger partial charge in [0.1, 0.15) is 0 Å². The fourth-order valence-corrected chi connectivity index (χ4v) is 2.32. The molecule has 0 bridgehead atoms. The first-order valence-electron chi connectivity index (χ1n) is 5.59. The van der Waals surface area contributed by atoms with E-state index in [1.165, 1.54) is 0 Å². The Bertz CT molecular complexity index is 539. The van der Waals surface area contributed by atoms with Crippen molar-refractivity contribution in [1.29, 1.82) is 0 Å². The van der Waals surface area contributed by atoms with Gasteiger partial charge in [0, 0.05) is 28.4 Å². The van der Waals surface area contributed by atoms with Gasteiger partial charge in [-0.3, -0.25) is 10.5 Å². The van der Waals surface area contributed by atoms with Crippen LogP contribution in [0.5, 0.6) is 0 Å². The Morgan fingerprint density at radius 1 is 1.44 bits per heavy atom. The van der Waals surface area contributed by atoms with Crippen molar-refractivity contribution in [2.24, 2.45) is 5.84 Å². The molecule has 4 nitrogen and oxygen atoms in total. The predicted octanol–water partition coefficient (Wildman–Crippen LogP) is 2.76. The lowest BCUT2D eigenvalue weighted by Gasteiger charge is -2.16. The van der Waals surface area contributed by atoms with Crippen LogP contribution in [0.25, 0.3) is 0 Å². The van der Waals surface area contributed by atoms with Gasteiger partial charge in [-0.1, -0.05) is 29.3 Å². The number of hydrogen-bond donors (Lipinski definition) is 2. The Labute approximate surface area is 116 Å². The van der Waals surface area contributed by atoms with Gasteiger partial charge < -0.3 is 0 Å². The van der Waals surface area contributed by atoms with Crippen molar-refractivity contribution in [2.45, 2.75) is 19.5 Å². The molecule has 0 amide bonds. The highest BCUT2D eigenvalue weighted by Crippen LogP contribution is 2.29. The highest BCUT2D eigenvalue weighted by atomic mass is 35.5. The third-order valence-electron chi connectivity index (χ3n) is 2.75. The quantitative estimate of drug-likeness (QED) is 0.671. The van der Waals surface area contributed by atoms with Crippen LogP contribution >= 0.6 is 23.2 Å². The number of benzene rings is 1. The summed E-state index contributed by atoms with van der Waals surface area (Å²) >= 11 is 12.1. The molecule has 18 heavy (non-hydrogen) atoms. The normalized spacial score (nSPS) is 12.7. The number of rotatable bonds is 4. The van der Waals surface area contributed by atoms with Crippen molar-refractivity contribution in [3.05, 3.63) is 51.8 Å². The number of nitrogens with one attached hydrogen (secondary N) is 1. The first-order valence-corrected chi connectivity index (χ1v) is 6.34. The monoisotopic (exact) mass is 284 g/mol. The molecule has 2 aromatic rings. The van der Waals surface area contributed by atoms with Gasteiger partial charge in [-0.25, -0.2) is 5.43 Å². The van der Waals surface area contributed by atoms with E-state index in [9.17, 15) is 0 Å². The second-order valence-electron chi connectivity index (χ2n) is 3.89.